The lowest BCUT2D eigenvalue weighted by molar-refractivity contribution is 0.531. The number of hydrogen-bond acceptors (Lipinski definition) is 1. The molecule has 1 heteroatoms. The van der Waals surface area contributed by atoms with Crippen LogP contribution in [0.3, 0.4) is 0 Å². The summed E-state index contributed by atoms with van der Waals surface area (Å²) >= 11 is 0. The number of benzene rings is 1. The molecular formula is C16H25N. The molecule has 0 heterocycles. The molecule has 17 heavy (non-hydrogen) atoms. The van der Waals surface area contributed by atoms with E-state index in [-0.39, 0.29) is 0 Å². The molecule has 3 atom stereocenters. The maximum atomic E-state index is 3.69. The number of hydrogen-bond donors (Lipinski definition) is 1. The van der Waals surface area contributed by atoms with E-state index in [2.05, 4.69) is 52.1 Å². The number of rotatable bonds is 4. The molecule has 1 nitrogen and oxygen atoms in total. The van der Waals surface area contributed by atoms with E-state index in [4.69, 9.17) is 0 Å². The normalized spacial score (nSPS) is 24.8. The van der Waals surface area contributed by atoms with Gasteiger partial charge in [-0.2, -0.15) is 0 Å². The van der Waals surface area contributed by atoms with Crippen LogP contribution in [-0.4, -0.2) is 6.54 Å². The van der Waals surface area contributed by atoms with Crippen molar-refractivity contribution in [1.82, 2.24) is 5.32 Å². The molecule has 3 unspecified atom stereocenters. The van der Waals surface area contributed by atoms with Gasteiger partial charge in [-0.05, 0) is 69.2 Å². The summed E-state index contributed by atoms with van der Waals surface area (Å²) in [5.41, 5.74) is 5.70. The van der Waals surface area contributed by atoms with Crippen LogP contribution in [0.2, 0.25) is 0 Å². The Balaban J connectivity index is 2.05. The summed E-state index contributed by atoms with van der Waals surface area (Å²) in [6.07, 6.45) is 1.41. The smallest absolute Gasteiger partial charge is 0.0297 e. The molecule has 0 radical (unpaired) electrons. The van der Waals surface area contributed by atoms with E-state index in [9.17, 15) is 0 Å². The van der Waals surface area contributed by atoms with E-state index in [0.29, 0.717) is 6.04 Å². The van der Waals surface area contributed by atoms with Crippen molar-refractivity contribution >= 4 is 0 Å². The lowest BCUT2D eigenvalue weighted by atomic mass is 9.95. The molecule has 1 aliphatic carbocycles. The number of aryl methyl sites for hydroxylation is 3. The predicted octanol–water partition coefficient (Wildman–Crippen LogP) is 3.92. The predicted molar refractivity (Wildman–Crippen MR) is 74.3 cm³/mol. The van der Waals surface area contributed by atoms with Gasteiger partial charge >= 0.3 is 0 Å². The highest BCUT2D eigenvalue weighted by Crippen LogP contribution is 2.37. The van der Waals surface area contributed by atoms with Gasteiger partial charge in [-0.25, -0.2) is 0 Å². The third-order valence-electron chi connectivity index (χ3n) is 4.13. The highest BCUT2D eigenvalue weighted by molar-refractivity contribution is 5.39. The summed E-state index contributed by atoms with van der Waals surface area (Å²) in [6.45, 7) is 12.4. The summed E-state index contributed by atoms with van der Waals surface area (Å²) in [7, 11) is 0. The first-order chi connectivity index (χ1) is 7.99. The summed E-state index contributed by atoms with van der Waals surface area (Å²) in [6, 6.07) is 5.06. The molecule has 1 fully saturated rings. The van der Waals surface area contributed by atoms with Crippen molar-refractivity contribution < 1.29 is 0 Å². The molecule has 0 saturated heterocycles. The van der Waals surface area contributed by atoms with Crippen LogP contribution in [0, 0.1) is 32.6 Å². The second-order valence-electron chi connectivity index (χ2n) is 5.92. The maximum absolute atomic E-state index is 3.69. The highest BCUT2D eigenvalue weighted by atomic mass is 14.9. The summed E-state index contributed by atoms with van der Waals surface area (Å²) in [5, 5.41) is 3.69. The van der Waals surface area contributed by atoms with Gasteiger partial charge in [-0.3, -0.25) is 0 Å². The first-order valence-electron chi connectivity index (χ1n) is 6.80. The lowest BCUT2D eigenvalue weighted by Gasteiger charge is -2.20. The van der Waals surface area contributed by atoms with Crippen LogP contribution in [0.4, 0.5) is 0 Å². The zero-order valence-corrected chi connectivity index (χ0v) is 11.8. The van der Waals surface area contributed by atoms with Crippen LogP contribution in [0.25, 0.3) is 0 Å². The van der Waals surface area contributed by atoms with Crippen molar-refractivity contribution in [2.24, 2.45) is 11.8 Å². The Labute approximate surface area is 106 Å². The van der Waals surface area contributed by atoms with Gasteiger partial charge in [0.2, 0.25) is 0 Å². The SMILES string of the molecule is Cc1cc(C)c(C(C)NCC2CC2C)c(C)c1. The van der Waals surface area contributed by atoms with Crippen molar-refractivity contribution in [2.75, 3.05) is 6.54 Å². The molecule has 0 aromatic heterocycles. The molecule has 1 aromatic rings. The minimum Gasteiger partial charge on any atom is -0.310 e. The maximum Gasteiger partial charge on any atom is 0.0297 e. The number of nitrogens with one attached hydrogen (secondary N) is 1. The molecule has 94 valence electrons. The third-order valence-corrected chi connectivity index (χ3v) is 4.13. The third kappa shape index (κ3) is 2.90. The first kappa shape index (κ1) is 12.6. The Hall–Kier alpha value is -0.820. The summed E-state index contributed by atoms with van der Waals surface area (Å²) in [4.78, 5) is 0. The van der Waals surface area contributed by atoms with Gasteiger partial charge in [-0.1, -0.05) is 24.6 Å². The van der Waals surface area contributed by atoms with Gasteiger partial charge in [0, 0.05) is 6.04 Å². The fourth-order valence-corrected chi connectivity index (χ4v) is 2.99. The Kier molecular flexibility index (Phi) is 3.58. The molecule has 2 rings (SSSR count). The van der Waals surface area contributed by atoms with E-state index >= 15 is 0 Å². The Morgan fingerprint density at radius 1 is 1.24 bits per heavy atom. The van der Waals surface area contributed by atoms with Gasteiger partial charge in [0.25, 0.3) is 0 Å². The molecular weight excluding hydrogens is 206 g/mol. The van der Waals surface area contributed by atoms with E-state index in [0.717, 1.165) is 11.8 Å². The van der Waals surface area contributed by atoms with Crippen molar-refractivity contribution in [3.05, 3.63) is 34.4 Å². The van der Waals surface area contributed by atoms with Crippen molar-refractivity contribution in [1.29, 1.82) is 0 Å². The van der Waals surface area contributed by atoms with Gasteiger partial charge in [0.1, 0.15) is 0 Å². The van der Waals surface area contributed by atoms with Crippen LogP contribution in [0.1, 0.15) is 48.6 Å². The van der Waals surface area contributed by atoms with Crippen LogP contribution >= 0.6 is 0 Å². The first-order valence-corrected chi connectivity index (χ1v) is 6.80. The second kappa shape index (κ2) is 4.81. The van der Waals surface area contributed by atoms with Crippen LogP contribution < -0.4 is 5.32 Å². The van der Waals surface area contributed by atoms with Gasteiger partial charge < -0.3 is 5.32 Å². The fourth-order valence-electron chi connectivity index (χ4n) is 2.99. The molecule has 1 N–H and O–H groups in total. The largest absolute Gasteiger partial charge is 0.310 e. The van der Waals surface area contributed by atoms with Crippen molar-refractivity contribution in [2.45, 2.75) is 47.1 Å². The Bertz CT molecular complexity index is 385. The Morgan fingerprint density at radius 3 is 2.24 bits per heavy atom. The van der Waals surface area contributed by atoms with Gasteiger partial charge in [-0.15, -0.1) is 0 Å². The summed E-state index contributed by atoms with van der Waals surface area (Å²) < 4.78 is 0. The monoisotopic (exact) mass is 231 g/mol. The molecule has 0 bridgehead atoms. The van der Waals surface area contributed by atoms with Crippen molar-refractivity contribution in [3.63, 3.8) is 0 Å². The average molecular weight is 231 g/mol. The van der Waals surface area contributed by atoms with E-state index in [1.54, 1.807) is 0 Å². The minimum absolute atomic E-state index is 0.475. The molecule has 1 aromatic carbocycles. The molecule has 1 aliphatic rings. The van der Waals surface area contributed by atoms with Gasteiger partial charge in [0.05, 0.1) is 0 Å². The molecule has 0 spiro atoms. The molecule has 0 amide bonds. The van der Waals surface area contributed by atoms with Crippen LogP contribution in [-0.2, 0) is 0 Å². The standard InChI is InChI=1S/C16H25N/c1-10-6-12(3)16(13(4)7-10)14(5)17-9-15-8-11(15)2/h6-7,11,14-15,17H,8-9H2,1-5H3. The van der Waals surface area contributed by atoms with Crippen molar-refractivity contribution in [3.8, 4) is 0 Å². The average Bonchev–Trinajstić information content (AvgIpc) is 2.90. The quantitative estimate of drug-likeness (QED) is 0.828. The van der Waals surface area contributed by atoms with E-state index in [1.165, 1.54) is 35.2 Å². The van der Waals surface area contributed by atoms with Crippen LogP contribution in [0.5, 0.6) is 0 Å². The molecule has 1 saturated carbocycles. The Morgan fingerprint density at radius 2 is 1.76 bits per heavy atom. The zero-order valence-electron chi connectivity index (χ0n) is 11.8. The lowest BCUT2D eigenvalue weighted by Crippen LogP contribution is -2.23. The zero-order chi connectivity index (χ0) is 12.6. The fraction of sp³-hybridized carbons (Fsp3) is 0.625. The van der Waals surface area contributed by atoms with E-state index < -0.39 is 0 Å². The topological polar surface area (TPSA) is 12.0 Å². The van der Waals surface area contributed by atoms with Gasteiger partial charge in [0.15, 0.2) is 0 Å². The minimum atomic E-state index is 0.475. The van der Waals surface area contributed by atoms with Crippen LogP contribution in [0.15, 0.2) is 12.1 Å². The van der Waals surface area contributed by atoms with E-state index in [1.807, 2.05) is 0 Å². The summed E-state index contributed by atoms with van der Waals surface area (Å²) in [5.74, 6) is 1.86. The molecule has 0 aliphatic heterocycles. The second-order valence-corrected chi connectivity index (χ2v) is 5.92. The highest BCUT2D eigenvalue weighted by Gasteiger charge is 2.32.